The predicted molar refractivity (Wildman–Crippen MR) is 114 cm³/mol. The van der Waals surface area contributed by atoms with E-state index in [1.165, 1.54) is 0 Å². The normalized spacial score (nSPS) is 16.0. The summed E-state index contributed by atoms with van der Waals surface area (Å²) in [5, 5.41) is 2.66. The third-order valence-electron chi connectivity index (χ3n) is 4.70. The molecule has 1 atom stereocenters. The van der Waals surface area contributed by atoms with Crippen molar-refractivity contribution in [3.8, 4) is 5.75 Å². The number of hydrogen-bond acceptors (Lipinski definition) is 3. The number of ketones is 1. The zero-order valence-corrected chi connectivity index (χ0v) is 16.3. The molecule has 0 aliphatic heterocycles. The van der Waals surface area contributed by atoms with Gasteiger partial charge in [0.15, 0.2) is 5.78 Å². The van der Waals surface area contributed by atoms with Crippen molar-refractivity contribution in [1.29, 1.82) is 0 Å². The van der Waals surface area contributed by atoms with Gasteiger partial charge in [0, 0.05) is 27.5 Å². The maximum absolute atomic E-state index is 12.6. The van der Waals surface area contributed by atoms with Gasteiger partial charge >= 0.3 is 0 Å². The number of benzene rings is 2. The maximum atomic E-state index is 12.6. The van der Waals surface area contributed by atoms with E-state index in [0.717, 1.165) is 5.56 Å². The Kier molecular flexibility index (Phi) is 6.43. The molecule has 4 nitrogen and oxygen atoms in total. The lowest BCUT2D eigenvalue weighted by Crippen LogP contribution is -2.23. The molecule has 4 heteroatoms. The number of likely N-dealkylation sites (N-methyl/N-ethyl adjacent to an activating group) is 1. The van der Waals surface area contributed by atoms with Crippen LogP contribution >= 0.6 is 0 Å². The second-order valence-electron chi connectivity index (χ2n) is 7.04. The van der Waals surface area contributed by atoms with Crippen LogP contribution in [-0.2, 0) is 11.2 Å². The fourth-order valence-corrected chi connectivity index (χ4v) is 3.26. The van der Waals surface area contributed by atoms with E-state index in [0.29, 0.717) is 41.9 Å². The monoisotopic (exact) mass is 379 g/mol. The summed E-state index contributed by atoms with van der Waals surface area (Å²) in [4.78, 5) is 24.5. The molecular weight excluding hydrogens is 350 g/mol. The van der Waals surface area contributed by atoms with Crippen molar-refractivity contribution < 1.29 is 17.2 Å². The van der Waals surface area contributed by atoms with Gasteiger partial charge in [-0.3, -0.25) is 9.59 Å². The minimum absolute atomic E-state index is 0. The summed E-state index contributed by atoms with van der Waals surface area (Å²) < 4.78 is 5.96. The molecule has 1 aliphatic rings. The summed E-state index contributed by atoms with van der Waals surface area (Å²) in [6, 6.07) is 17.2. The molecule has 1 aliphatic carbocycles. The van der Waals surface area contributed by atoms with Crippen molar-refractivity contribution >= 4 is 11.7 Å². The molecule has 0 heterocycles. The summed E-state index contributed by atoms with van der Waals surface area (Å²) in [6.45, 7) is 2.04. The van der Waals surface area contributed by atoms with Gasteiger partial charge < -0.3 is 10.1 Å². The lowest BCUT2D eigenvalue weighted by molar-refractivity contribution is -0.117. The Labute approximate surface area is 168 Å². The first-order valence-electron chi connectivity index (χ1n) is 9.54. The number of amides is 1. The molecule has 2 aromatic carbocycles. The number of aryl methyl sites for hydroxylation is 1. The van der Waals surface area contributed by atoms with Crippen LogP contribution in [0, 0.1) is 5.92 Å². The molecular formula is C24H29NO3. The number of ether oxygens (including phenoxy) is 1. The highest BCUT2D eigenvalue weighted by molar-refractivity contribution is 5.96. The minimum atomic E-state index is -0.0918. The smallest absolute Gasteiger partial charge is 0.247 e. The molecule has 0 saturated heterocycles. The van der Waals surface area contributed by atoms with Crippen LogP contribution < -0.4 is 10.1 Å². The molecule has 0 radical (unpaired) electrons. The highest BCUT2D eigenvalue weighted by Gasteiger charge is 2.18. The van der Waals surface area contributed by atoms with Gasteiger partial charge in [0.05, 0.1) is 0 Å². The van der Waals surface area contributed by atoms with Crippen molar-refractivity contribution in [2.45, 2.75) is 26.2 Å². The average molecular weight is 380 g/mol. The number of rotatable bonds is 7. The SMILES string of the molecule is CNC(=O)C1=CC(Oc2cccc(C(=O)CCc3ccccc3)c2)=CC(C)C1.[HH].[HH]. The molecule has 3 rings (SSSR count). The van der Waals surface area contributed by atoms with E-state index in [4.69, 9.17) is 4.74 Å². The largest absolute Gasteiger partial charge is 0.458 e. The van der Waals surface area contributed by atoms with Gasteiger partial charge in [0.25, 0.3) is 0 Å². The molecule has 1 N–H and O–H groups in total. The Hall–Kier alpha value is -3.14. The standard InChI is InChI=1S/C24H25NO3.2H2/c1-17-13-20(24(27)25-2)16-22(14-17)28-21-10-6-9-19(15-21)23(26)12-11-18-7-4-3-5-8-18;;/h3-10,14-17H,11-13H2,1-2H3,(H,25,27);2*1H. The Balaban J connectivity index is 0.00000225. The molecule has 0 fully saturated rings. The van der Waals surface area contributed by atoms with Gasteiger partial charge in [-0.1, -0.05) is 49.4 Å². The fourth-order valence-electron chi connectivity index (χ4n) is 3.26. The van der Waals surface area contributed by atoms with Crippen LogP contribution in [-0.4, -0.2) is 18.7 Å². The number of Topliss-reactive ketones (excluding diaryl/α,β-unsaturated/α-hetero) is 1. The molecule has 0 bridgehead atoms. The number of allylic oxidation sites excluding steroid dienone is 2. The number of carbonyl (C=O) groups excluding carboxylic acids is 2. The third-order valence-corrected chi connectivity index (χ3v) is 4.70. The molecule has 2 aromatic rings. The van der Waals surface area contributed by atoms with E-state index < -0.39 is 0 Å². The second-order valence-corrected chi connectivity index (χ2v) is 7.04. The average Bonchev–Trinajstić information content (AvgIpc) is 2.72. The highest BCUT2D eigenvalue weighted by atomic mass is 16.5. The van der Waals surface area contributed by atoms with E-state index in [9.17, 15) is 9.59 Å². The summed E-state index contributed by atoms with van der Waals surface area (Å²) in [5.74, 6) is 1.43. The number of hydrogen-bond donors (Lipinski definition) is 1. The lowest BCUT2D eigenvalue weighted by atomic mass is 9.94. The van der Waals surface area contributed by atoms with Gasteiger partial charge in [0.2, 0.25) is 5.91 Å². The first-order chi connectivity index (χ1) is 13.5. The van der Waals surface area contributed by atoms with Crippen molar-refractivity contribution in [2.24, 2.45) is 5.92 Å². The van der Waals surface area contributed by atoms with E-state index >= 15 is 0 Å². The summed E-state index contributed by atoms with van der Waals surface area (Å²) in [6.07, 6.45) is 5.61. The van der Waals surface area contributed by atoms with Gasteiger partial charge in [-0.2, -0.15) is 0 Å². The van der Waals surface area contributed by atoms with Crippen molar-refractivity contribution in [3.63, 3.8) is 0 Å². The van der Waals surface area contributed by atoms with Gasteiger partial charge in [0.1, 0.15) is 11.5 Å². The van der Waals surface area contributed by atoms with E-state index in [1.54, 1.807) is 19.2 Å². The molecule has 1 amide bonds. The topological polar surface area (TPSA) is 55.4 Å². The van der Waals surface area contributed by atoms with Gasteiger partial charge in [-0.05, 0) is 48.6 Å². The maximum Gasteiger partial charge on any atom is 0.247 e. The zero-order valence-electron chi connectivity index (χ0n) is 16.3. The number of carbonyl (C=O) groups is 2. The second kappa shape index (κ2) is 9.18. The summed E-state index contributed by atoms with van der Waals surface area (Å²) in [7, 11) is 1.62. The Morgan fingerprint density at radius 1 is 1.14 bits per heavy atom. The fraction of sp³-hybridized carbons (Fsp3) is 0.250. The molecule has 148 valence electrons. The van der Waals surface area contributed by atoms with Crippen LogP contribution in [0.1, 0.15) is 38.5 Å². The molecule has 28 heavy (non-hydrogen) atoms. The quantitative estimate of drug-likeness (QED) is 0.691. The third kappa shape index (κ3) is 5.19. The first kappa shape index (κ1) is 19.6. The highest BCUT2D eigenvalue weighted by Crippen LogP contribution is 2.26. The van der Waals surface area contributed by atoms with Crippen molar-refractivity contribution in [3.05, 3.63) is 89.2 Å². The minimum Gasteiger partial charge on any atom is -0.458 e. The van der Waals surface area contributed by atoms with Crippen molar-refractivity contribution in [1.82, 2.24) is 5.32 Å². The Morgan fingerprint density at radius 2 is 1.93 bits per heavy atom. The van der Waals surface area contributed by atoms with Crippen LogP contribution in [0.15, 0.2) is 78.1 Å². The van der Waals surface area contributed by atoms with Gasteiger partial charge in [-0.15, -0.1) is 0 Å². The van der Waals surface area contributed by atoms with E-state index in [2.05, 4.69) is 5.32 Å². The summed E-state index contributed by atoms with van der Waals surface area (Å²) >= 11 is 0. The Morgan fingerprint density at radius 3 is 2.68 bits per heavy atom. The summed E-state index contributed by atoms with van der Waals surface area (Å²) in [5.41, 5.74) is 2.48. The Bertz CT molecular complexity index is 923. The van der Waals surface area contributed by atoms with Gasteiger partial charge in [-0.25, -0.2) is 0 Å². The molecule has 0 saturated carbocycles. The molecule has 1 unspecified atom stereocenters. The van der Waals surface area contributed by atoms with E-state index in [1.807, 2.05) is 61.5 Å². The number of nitrogens with one attached hydrogen (secondary N) is 1. The van der Waals surface area contributed by atoms with E-state index in [-0.39, 0.29) is 20.5 Å². The molecule has 0 spiro atoms. The first-order valence-corrected chi connectivity index (χ1v) is 9.54. The zero-order chi connectivity index (χ0) is 19.9. The molecule has 0 aromatic heterocycles. The van der Waals surface area contributed by atoms with Crippen LogP contribution in [0.2, 0.25) is 0 Å². The van der Waals surface area contributed by atoms with Crippen molar-refractivity contribution in [2.75, 3.05) is 7.05 Å². The van der Waals surface area contributed by atoms with Crippen LogP contribution in [0.4, 0.5) is 0 Å². The lowest BCUT2D eigenvalue weighted by Gasteiger charge is -2.18. The van der Waals surface area contributed by atoms with Crippen LogP contribution in [0.3, 0.4) is 0 Å². The predicted octanol–water partition coefficient (Wildman–Crippen LogP) is 4.97. The van der Waals surface area contributed by atoms with Crippen LogP contribution in [0.5, 0.6) is 5.75 Å². The van der Waals surface area contributed by atoms with Crippen LogP contribution in [0.25, 0.3) is 0 Å².